The number of methoxy groups -OCH3 is 3. The molecule has 1 aliphatic heterocycles. The van der Waals surface area contributed by atoms with Gasteiger partial charge in [0, 0.05) is 11.6 Å². The smallest absolute Gasteiger partial charge is 0.164 e. The fourth-order valence-electron chi connectivity index (χ4n) is 1.82. The van der Waals surface area contributed by atoms with Gasteiger partial charge in [0.2, 0.25) is 0 Å². The van der Waals surface area contributed by atoms with E-state index in [1.165, 1.54) is 0 Å². The zero-order valence-corrected chi connectivity index (χ0v) is 10.8. The summed E-state index contributed by atoms with van der Waals surface area (Å²) >= 11 is 6.44. The van der Waals surface area contributed by atoms with Crippen molar-refractivity contribution in [3.8, 4) is 17.2 Å². The van der Waals surface area contributed by atoms with Gasteiger partial charge in [0.1, 0.15) is 10.6 Å². The molecule has 0 aromatic heterocycles. The van der Waals surface area contributed by atoms with E-state index in [2.05, 4.69) is 0 Å². The Kier molecular flexibility index (Phi) is 3.35. The van der Waals surface area contributed by atoms with Crippen LogP contribution in [0.15, 0.2) is 12.1 Å². The summed E-state index contributed by atoms with van der Waals surface area (Å²) in [6, 6.07) is 3.61. The third kappa shape index (κ3) is 2.03. The summed E-state index contributed by atoms with van der Waals surface area (Å²) in [5, 5.41) is 0. The van der Waals surface area contributed by atoms with Crippen molar-refractivity contribution in [1.82, 2.24) is 0 Å². The van der Waals surface area contributed by atoms with Crippen molar-refractivity contribution in [2.75, 3.05) is 34.5 Å². The van der Waals surface area contributed by atoms with Gasteiger partial charge in [-0.25, -0.2) is 0 Å². The first-order chi connectivity index (χ1) is 8.14. The molecule has 1 aromatic carbocycles. The van der Waals surface area contributed by atoms with Crippen molar-refractivity contribution in [1.29, 1.82) is 0 Å². The molecule has 17 heavy (non-hydrogen) atoms. The van der Waals surface area contributed by atoms with E-state index in [0.29, 0.717) is 30.5 Å². The molecular formula is C12H15ClO4. The maximum Gasteiger partial charge on any atom is 0.164 e. The van der Waals surface area contributed by atoms with Crippen molar-refractivity contribution in [2.45, 2.75) is 4.87 Å². The fraction of sp³-hybridized carbons (Fsp3) is 0.500. The van der Waals surface area contributed by atoms with E-state index < -0.39 is 4.87 Å². The van der Waals surface area contributed by atoms with Crippen LogP contribution in [0.2, 0.25) is 0 Å². The molecule has 0 spiro atoms. The van der Waals surface area contributed by atoms with E-state index >= 15 is 0 Å². The Hall–Kier alpha value is -1.13. The van der Waals surface area contributed by atoms with Crippen molar-refractivity contribution in [3.63, 3.8) is 0 Å². The second-order valence-electron chi connectivity index (χ2n) is 3.87. The van der Waals surface area contributed by atoms with Gasteiger partial charge in [-0.15, -0.1) is 11.6 Å². The van der Waals surface area contributed by atoms with Gasteiger partial charge in [0.25, 0.3) is 0 Å². The summed E-state index contributed by atoms with van der Waals surface area (Å²) in [5.41, 5.74) is 0.866. The predicted octanol–water partition coefficient (Wildman–Crippen LogP) is 2.18. The van der Waals surface area contributed by atoms with Crippen LogP contribution in [-0.2, 0) is 9.61 Å². The molecule has 1 heterocycles. The molecule has 0 amide bonds. The minimum absolute atomic E-state index is 0.473. The lowest BCUT2D eigenvalue weighted by molar-refractivity contribution is -0.0162. The molecule has 1 aromatic rings. The van der Waals surface area contributed by atoms with E-state index in [1.807, 2.05) is 6.07 Å². The molecule has 0 unspecified atom stereocenters. The van der Waals surface area contributed by atoms with Crippen LogP contribution >= 0.6 is 11.6 Å². The first kappa shape index (κ1) is 12.3. The van der Waals surface area contributed by atoms with E-state index in [-0.39, 0.29) is 0 Å². The van der Waals surface area contributed by atoms with Gasteiger partial charge in [0.15, 0.2) is 11.5 Å². The van der Waals surface area contributed by atoms with Crippen molar-refractivity contribution in [3.05, 3.63) is 17.7 Å². The zero-order chi connectivity index (χ0) is 12.5. The number of benzene rings is 1. The normalized spacial score (nSPS) is 17.2. The van der Waals surface area contributed by atoms with Gasteiger partial charge < -0.3 is 18.9 Å². The van der Waals surface area contributed by atoms with Crippen LogP contribution in [0.25, 0.3) is 0 Å². The van der Waals surface area contributed by atoms with Gasteiger partial charge in [0.05, 0.1) is 34.5 Å². The highest BCUT2D eigenvalue weighted by Gasteiger charge is 2.41. The first-order valence-electron chi connectivity index (χ1n) is 5.22. The molecule has 1 saturated heterocycles. The summed E-state index contributed by atoms with van der Waals surface area (Å²) in [7, 11) is 4.77. The molecule has 0 bridgehead atoms. The van der Waals surface area contributed by atoms with Crippen LogP contribution in [0, 0.1) is 0 Å². The van der Waals surface area contributed by atoms with Crippen LogP contribution in [0.5, 0.6) is 17.2 Å². The maximum absolute atomic E-state index is 6.44. The second-order valence-corrected chi connectivity index (χ2v) is 4.59. The van der Waals surface area contributed by atoms with Crippen LogP contribution in [0.3, 0.4) is 0 Å². The van der Waals surface area contributed by atoms with Gasteiger partial charge in [-0.3, -0.25) is 0 Å². The predicted molar refractivity (Wildman–Crippen MR) is 64.4 cm³/mol. The average Bonchev–Trinajstić information content (AvgIpc) is 2.34. The number of rotatable bonds is 4. The number of ether oxygens (including phenoxy) is 4. The number of alkyl halides is 1. The van der Waals surface area contributed by atoms with Crippen LogP contribution in [0.1, 0.15) is 5.56 Å². The Bertz CT molecular complexity index is 415. The largest absolute Gasteiger partial charge is 0.496 e. The number of hydrogen-bond acceptors (Lipinski definition) is 4. The molecule has 0 radical (unpaired) electrons. The molecule has 0 N–H and O–H groups in total. The first-order valence-corrected chi connectivity index (χ1v) is 5.59. The Balaban J connectivity index is 2.49. The van der Waals surface area contributed by atoms with E-state index in [1.54, 1.807) is 27.4 Å². The molecule has 5 heteroatoms. The zero-order valence-electron chi connectivity index (χ0n) is 10.1. The Morgan fingerprint density at radius 2 is 1.53 bits per heavy atom. The van der Waals surface area contributed by atoms with Crippen molar-refractivity contribution in [2.24, 2.45) is 0 Å². The molecule has 1 aliphatic rings. The second kappa shape index (κ2) is 4.63. The lowest BCUT2D eigenvalue weighted by atomic mass is 9.95. The summed E-state index contributed by atoms with van der Waals surface area (Å²) in [6.07, 6.45) is 0. The molecular weight excluding hydrogens is 244 g/mol. The highest BCUT2D eigenvalue weighted by molar-refractivity contribution is 6.25. The van der Waals surface area contributed by atoms with Gasteiger partial charge in [-0.2, -0.15) is 0 Å². The third-order valence-corrected chi connectivity index (χ3v) is 3.27. The fourth-order valence-corrected chi connectivity index (χ4v) is 2.12. The van der Waals surface area contributed by atoms with Crippen molar-refractivity contribution < 1.29 is 18.9 Å². The Morgan fingerprint density at radius 3 is 1.94 bits per heavy atom. The quantitative estimate of drug-likeness (QED) is 0.776. The minimum Gasteiger partial charge on any atom is -0.496 e. The molecule has 94 valence electrons. The van der Waals surface area contributed by atoms with E-state index in [0.717, 1.165) is 5.56 Å². The molecule has 0 aliphatic carbocycles. The van der Waals surface area contributed by atoms with Crippen LogP contribution in [-0.4, -0.2) is 34.5 Å². The third-order valence-electron chi connectivity index (χ3n) is 2.85. The van der Waals surface area contributed by atoms with E-state index in [9.17, 15) is 0 Å². The monoisotopic (exact) mass is 258 g/mol. The van der Waals surface area contributed by atoms with E-state index in [4.69, 9.17) is 30.5 Å². The topological polar surface area (TPSA) is 36.9 Å². The SMILES string of the molecule is COc1cc(OC)c(C2(Cl)COC2)cc1OC. The highest BCUT2D eigenvalue weighted by atomic mass is 35.5. The summed E-state index contributed by atoms with van der Waals surface area (Å²) < 4.78 is 21.0. The number of halogens is 1. The molecule has 2 rings (SSSR count). The molecule has 4 nitrogen and oxygen atoms in total. The summed E-state index contributed by atoms with van der Waals surface area (Å²) in [4.78, 5) is -0.523. The average molecular weight is 259 g/mol. The summed E-state index contributed by atoms with van der Waals surface area (Å²) in [5.74, 6) is 1.93. The summed E-state index contributed by atoms with van der Waals surface area (Å²) in [6.45, 7) is 0.945. The molecule has 1 fully saturated rings. The Morgan fingerprint density at radius 1 is 1.00 bits per heavy atom. The minimum atomic E-state index is -0.523. The Labute approximate surface area is 105 Å². The molecule has 0 saturated carbocycles. The highest BCUT2D eigenvalue weighted by Crippen LogP contribution is 2.45. The van der Waals surface area contributed by atoms with Gasteiger partial charge >= 0.3 is 0 Å². The van der Waals surface area contributed by atoms with Gasteiger partial charge in [-0.1, -0.05) is 0 Å². The molecule has 0 atom stereocenters. The van der Waals surface area contributed by atoms with Crippen LogP contribution < -0.4 is 14.2 Å². The lowest BCUT2D eigenvalue weighted by Crippen LogP contribution is -2.41. The standard InChI is InChI=1S/C12H15ClO4/c1-14-9-5-11(16-3)10(15-2)4-8(9)12(13)6-17-7-12/h4-5H,6-7H2,1-3H3. The number of hydrogen-bond donors (Lipinski definition) is 0. The van der Waals surface area contributed by atoms with Crippen LogP contribution in [0.4, 0.5) is 0 Å². The maximum atomic E-state index is 6.44. The van der Waals surface area contributed by atoms with Gasteiger partial charge in [-0.05, 0) is 6.07 Å². The lowest BCUT2D eigenvalue weighted by Gasteiger charge is -2.37. The van der Waals surface area contributed by atoms with Crippen molar-refractivity contribution >= 4 is 11.6 Å².